The smallest absolute Gasteiger partial charge is 0.240 e. The first-order chi connectivity index (χ1) is 17.5. The molecule has 180 valence electrons. The molecule has 7 heteroatoms. The van der Waals surface area contributed by atoms with Crippen molar-refractivity contribution >= 4 is 29.4 Å². The monoisotopic (exact) mass is 480 g/mol. The molecule has 3 aromatic carbocycles. The normalized spacial score (nSPS) is 23.8. The highest BCUT2D eigenvalue weighted by Crippen LogP contribution is 2.53. The highest BCUT2D eigenvalue weighted by molar-refractivity contribution is 6.24. The second kappa shape index (κ2) is 8.37. The van der Waals surface area contributed by atoms with Crippen LogP contribution in [0.1, 0.15) is 27.5 Å². The average Bonchev–Trinajstić information content (AvgIpc) is 3.40. The third-order valence-corrected chi connectivity index (χ3v) is 7.41. The summed E-state index contributed by atoms with van der Waals surface area (Å²) in [5.74, 6) is -1.45. The average molecular weight is 481 g/mol. The van der Waals surface area contributed by atoms with E-state index in [-0.39, 0.29) is 17.6 Å². The zero-order valence-electron chi connectivity index (χ0n) is 19.8. The van der Waals surface area contributed by atoms with Gasteiger partial charge in [-0.05, 0) is 47.5 Å². The van der Waals surface area contributed by atoms with Crippen LogP contribution in [0.25, 0.3) is 6.08 Å². The molecule has 0 aromatic heterocycles. The van der Waals surface area contributed by atoms with Gasteiger partial charge in [0.15, 0.2) is 17.3 Å². The Hall–Kier alpha value is -4.39. The van der Waals surface area contributed by atoms with Crippen LogP contribution in [0.5, 0.6) is 11.5 Å². The molecular formula is C29H24N2O5. The molecule has 2 fully saturated rings. The molecule has 3 aliphatic heterocycles. The maximum atomic E-state index is 14.1. The number of benzene rings is 3. The third-order valence-electron chi connectivity index (χ3n) is 7.41. The van der Waals surface area contributed by atoms with Gasteiger partial charge in [-0.25, -0.2) is 4.90 Å². The van der Waals surface area contributed by atoms with E-state index < -0.39 is 23.9 Å². The lowest BCUT2D eigenvalue weighted by Crippen LogP contribution is -2.44. The molecule has 2 saturated heterocycles. The summed E-state index contributed by atoms with van der Waals surface area (Å²) < 4.78 is 10.7. The summed E-state index contributed by atoms with van der Waals surface area (Å²) in [6.45, 7) is 0. The number of rotatable bonds is 5. The van der Waals surface area contributed by atoms with Crippen molar-refractivity contribution < 1.29 is 23.9 Å². The number of ether oxygens (including phenoxy) is 2. The Morgan fingerprint density at radius 1 is 0.806 bits per heavy atom. The van der Waals surface area contributed by atoms with Crippen LogP contribution in [0.4, 0.5) is 5.69 Å². The summed E-state index contributed by atoms with van der Waals surface area (Å²) in [5.41, 5.74) is 2.83. The van der Waals surface area contributed by atoms with E-state index in [4.69, 9.17) is 9.47 Å². The summed E-state index contributed by atoms with van der Waals surface area (Å²) in [7, 11) is 3.04. The van der Waals surface area contributed by atoms with E-state index >= 15 is 0 Å². The van der Waals surface area contributed by atoms with Crippen molar-refractivity contribution in [2.75, 3.05) is 19.1 Å². The summed E-state index contributed by atoms with van der Waals surface area (Å²) in [6.07, 6.45) is 3.79. The Bertz CT molecular complexity index is 1420. The van der Waals surface area contributed by atoms with Gasteiger partial charge in [-0.1, -0.05) is 42.5 Å². The molecule has 0 N–H and O–H groups in total. The Labute approximate surface area is 208 Å². The Morgan fingerprint density at radius 3 is 2.25 bits per heavy atom. The number of methoxy groups -OCH3 is 2. The lowest BCUT2D eigenvalue weighted by Gasteiger charge is -2.35. The Kier molecular flexibility index (Phi) is 5.14. The van der Waals surface area contributed by atoms with E-state index in [1.165, 1.54) is 19.1 Å². The molecular weight excluding hydrogens is 456 g/mol. The largest absolute Gasteiger partial charge is 0.493 e. The van der Waals surface area contributed by atoms with E-state index in [0.29, 0.717) is 22.7 Å². The van der Waals surface area contributed by atoms with Gasteiger partial charge in [-0.15, -0.1) is 0 Å². The van der Waals surface area contributed by atoms with Gasteiger partial charge >= 0.3 is 0 Å². The number of fused-ring (bicyclic) bond motifs is 5. The second-order valence-corrected chi connectivity index (χ2v) is 9.11. The fourth-order valence-electron chi connectivity index (χ4n) is 5.85. The van der Waals surface area contributed by atoms with Gasteiger partial charge in [0.1, 0.15) is 6.04 Å². The standard InChI is InChI=1S/C29H24N2O5/c1-35-21-13-12-18(16-22(21)36-2)27(32)26-24-23(25-20-11-7-6-8-17(20)14-15-30(25)26)28(33)31(29(24)34)19-9-4-3-5-10-19/h3-16,23-26H,1-2H3/t23-,24+,25-,26-/m0/s1. The van der Waals surface area contributed by atoms with Gasteiger partial charge in [0.05, 0.1) is 37.8 Å². The minimum atomic E-state index is -0.840. The molecule has 3 aromatic rings. The van der Waals surface area contributed by atoms with Gasteiger partial charge in [-0.3, -0.25) is 14.4 Å². The number of ketones is 1. The van der Waals surface area contributed by atoms with E-state index in [2.05, 4.69) is 0 Å². The summed E-state index contributed by atoms with van der Waals surface area (Å²) in [6, 6.07) is 20.4. The number of anilines is 1. The number of hydrogen-bond acceptors (Lipinski definition) is 6. The second-order valence-electron chi connectivity index (χ2n) is 9.11. The Balaban J connectivity index is 1.49. The fourth-order valence-corrected chi connectivity index (χ4v) is 5.85. The quantitative estimate of drug-likeness (QED) is 0.404. The number of imide groups is 1. The van der Waals surface area contributed by atoms with Gasteiger partial charge in [-0.2, -0.15) is 0 Å². The molecule has 0 radical (unpaired) electrons. The molecule has 3 heterocycles. The van der Waals surface area contributed by atoms with Crippen LogP contribution in [-0.4, -0.2) is 42.8 Å². The first-order valence-corrected chi connectivity index (χ1v) is 11.8. The van der Waals surface area contributed by atoms with Crippen molar-refractivity contribution in [1.29, 1.82) is 0 Å². The van der Waals surface area contributed by atoms with Crippen molar-refractivity contribution in [3.8, 4) is 11.5 Å². The molecule has 36 heavy (non-hydrogen) atoms. The van der Waals surface area contributed by atoms with Crippen molar-refractivity contribution in [2.24, 2.45) is 11.8 Å². The lowest BCUT2D eigenvalue weighted by molar-refractivity contribution is -0.123. The predicted molar refractivity (Wildman–Crippen MR) is 134 cm³/mol. The zero-order chi connectivity index (χ0) is 25.0. The van der Waals surface area contributed by atoms with E-state index in [1.54, 1.807) is 42.5 Å². The van der Waals surface area contributed by atoms with Gasteiger partial charge in [0.25, 0.3) is 0 Å². The molecule has 0 unspecified atom stereocenters. The van der Waals surface area contributed by atoms with Gasteiger partial charge in [0.2, 0.25) is 11.8 Å². The van der Waals surface area contributed by atoms with Crippen LogP contribution in [-0.2, 0) is 9.59 Å². The van der Waals surface area contributed by atoms with Gasteiger partial charge < -0.3 is 14.4 Å². The number of para-hydroxylation sites is 1. The molecule has 2 amide bonds. The van der Waals surface area contributed by atoms with Crippen LogP contribution >= 0.6 is 0 Å². The molecule has 0 spiro atoms. The fraction of sp³-hybridized carbons (Fsp3) is 0.207. The SMILES string of the molecule is COc1ccc(C(=O)[C@@H]2[C@@H]3C(=O)N(c4ccccc4)C(=O)[C@@H]3[C@@H]3c4ccccc4C=CN23)cc1OC. The zero-order valence-corrected chi connectivity index (χ0v) is 19.8. The van der Waals surface area contributed by atoms with E-state index in [1.807, 2.05) is 47.5 Å². The number of carbonyl (C=O) groups excluding carboxylic acids is 3. The third kappa shape index (κ3) is 3.09. The van der Waals surface area contributed by atoms with Crippen molar-refractivity contribution in [3.05, 3.63) is 95.7 Å². The number of carbonyl (C=O) groups is 3. The minimum absolute atomic E-state index is 0.242. The highest BCUT2D eigenvalue weighted by atomic mass is 16.5. The van der Waals surface area contributed by atoms with Crippen LogP contribution in [0.15, 0.2) is 79.0 Å². The molecule has 6 rings (SSSR count). The molecule has 7 nitrogen and oxygen atoms in total. The number of Topliss-reactive ketones (excluding diaryl/α,β-unsaturated/α-hetero) is 1. The predicted octanol–water partition coefficient (Wildman–Crippen LogP) is 4.10. The molecule has 4 atom stereocenters. The summed E-state index contributed by atoms with van der Waals surface area (Å²) in [5, 5.41) is 0. The topological polar surface area (TPSA) is 76.2 Å². The Morgan fingerprint density at radius 2 is 1.50 bits per heavy atom. The van der Waals surface area contributed by atoms with Crippen LogP contribution in [0.3, 0.4) is 0 Å². The number of nitrogens with zero attached hydrogens (tertiary/aromatic N) is 2. The lowest BCUT2D eigenvalue weighted by atomic mass is 9.83. The first kappa shape index (κ1) is 22.1. The van der Waals surface area contributed by atoms with Crippen molar-refractivity contribution in [1.82, 2.24) is 4.90 Å². The van der Waals surface area contributed by atoms with Crippen molar-refractivity contribution in [3.63, 3.8) is 0 Å². The van der Waals surface area contributed by atoms with E-state index in [9.17, 15) is 14.4 Å². The minimum Gasteiger partial charge on any atom is -0.493 e. The van der Waals surface area contributed by atoms with Crippen molar-refractivity contribution in [2.45, 2.75) is 12.1 Å². The van der Waals surface area contributed by atoms with Crippen LogP contribution in [0.2, 0.25) is 0 Å². The number of hydrogen-bond donors (Lipinski definition) is 0. The van der Waals surface area contributed by atoms with Crippen LogP contribution in [0, 0.1) is 11.8 Å². The van der Waals surface area contributed by atoms with Gasteiger partial charge in [0, 0.05) is 11.8 Å². The van der Waals surface area contributed by atoms with E-state index in [0.717, 1.165) is 11.1 Å². The maximum absolute atomic E-state index is 14.1. The van der Waals surface area contributed by atoms with Crippen LogP contribution < -0.4 is 14.4 Å². The summed E-state index contributed by atoms with van der Waals surface area (Å²) >= 11 is 0. The number of amides is 2. The molecule has 0 saturated carbocycles. The maximum Gasteiger partial charge on any atom is 0.240 e. The molecule has 3 aliphatic rings. The highest BCUT2D eigenvalue weighted by Gasteiger charge is 2.64. The summed E-state index contributed by atoms with van der Waals surface area (Å²) in [4.78, 5) is 45.0. The molecule has 0 aliphatic carbocycles. The molecule has 0 bridgehead atoms. The first-order valence-electron chi connectivity index (χ1n) is 11.8.